The zero-order valence-corrected chi connectivity index (χ0v) is 17.2. The van der Waals surface area contributed by atoms with E-state index in [1.54, 1.807) is 30.3 Å². The fourth-order valence-electron chi connectivity index (χ4n) is 3.44. The molecule has 0 saturated heterocycles. The molecule has 1 aliphatic rings. The van der Waals surface area contributed by atoms with Gasteiger partial charge in [0.2, 0.25) is 0 Å². The molecule has 4 rings (SSSR count). The normalized spacial score (nSPS) is 15.3. The van der Waals surface area contributed by atoms with Gasteiger partial charge in [0.05, 0.1) is 12.3 Å². The molecule has 1 atom stereocenters. The van der Waals surface area contributed by atoms with E-state index in [9.17, 15) is 13.6 Å². The Hall–Kier alpha value is -3.25. The number of carbonyl (C=O) groups excluding carboxylic acids is 1. The lowest BCUT2D eigenvalue weighted by molar-refractivity contribution is 0.0402. The molecule has 0 bridgehead atoms. The summed E-state index contributed by atoms with van der Waals surface area (Å²) in [4.78, 5) is 20.1. The summed E-state index contributed by atoms with van der Waals surface area (Å²) in [7, 11) is 0. The number of rotatable bonds is 6. The van der Waals surface area contributed by atoms with Crippen molar-refractivity contribution in [3.8, 4) is 0 Å². The van der Waals surface area contributed by atoms with Crippen molar-refractivity contribution in [2.45, 2.75) is 19.1 Å². The lowest BCUT2D eigenvalue weighted by Gasteiger charge is -2.25. The smallest absolute Gasteiger partial charge is 0.254 e. The highest BCUT2D eigenvalue weighted by molar-refractivity contribution is 6.30. The lowest BCUT2D eigenvalue weighted by atomic mass is 10.0. The van der Waals surface area contributed by atoms with Gasteiger partial charge in [-0.3, -0.25) is 4.79 Å². The Kier molecular flexibility index (Phi) is 6.28. The van der Waals surface area contributed by atoms with E-state index in [0.717, 1.165) is 11.3 Å². The molecule has 7 heteroatoms. The van der Waals surface area contributed by atoms with Gasteiger partial charge in [0.1, 0.15) is 11.6 Å². The summed E-state index contributed by atoms with van der Waals surface area (Å²) in [5.41, 5.74) is 2.17. The second kappa shape index (κ2) is 9.27. The van der Waals surface area contributed by atoms with Gasteiger partial charge in [-0.05, 0) is 42.0 Å². The average Bonchev–Trinajstić information content (AvgIpc) is 3.23. The molecule has 0 aliphatic carbocycles. The summed E-state index contributed by atoms with van der Waals surface area (Å²) in [6.07, 6.45) is 0.0706. The summed E-state index contributed by atoms with van der Waals surface area (Å²) in [5.74, 6) is -1.33. The van der Waals surface area contributed by atoms with Crippen LogP contribution in [-0.4, -0.2) is 29.2 Å². The highest BCUT2D eigenvalue weighted by atomic mass is 35.5. The first-order valence-electron chi connectivity index (χ1n) is 9.76. The van der Waals surface area contributed by atoms with Gasteiger partial charge in [-0.2, -0.15) is 0 Å². The zero-order valence-electron chi connectivity index (χ0n) is 16.5. The van der Waals surface area contributed by atoms with Gasteiger partial charge in [-0.15, -0.1) is 0 Å². The Labute approximate surface area is 183 Å². The van der Waals surface area contributed by atoms with Crippen LogP contribution in [0.25, 0.3) is 0 Å². The molecule has 0 N–H and O–H groups in total. The van der Waals surface area contributed by atoms with E-state index < -0.39 is 23.6 Å². The van der Waals surface area contributed by atoms with Crippen LogP contribution in [0.1, 0.15) is 27.9 Å². The predicted molar refractivity (Wildman–Crippen MR) is 115 cm³/mol. The fraction of sp³-hybridized carbons (Fsp3) is 0.167. The molecule has 0 saturated carbocycles. The number of nitrogens with zero attached hydrogens (tertiary/aromatic N) is 2. The molecule has 31 heavy (non-hydrogen) atoms. The fourth-order valence-corrected chi connectivity index (χ4v) is 3.57. The number of benzene rings is 3. The Morgan fingerprint density at radius 2 is 1.84 bits per heavy atom. The van der Waals surface area contributed by atoms with E-state index >= 15 is 0 Å². The molecular weight excluding hydrogens is 422 g/mol. The molecule has 0 radical (unpaired) electrons. The minimum Gasteiger partial charge on any atom is -0.390 e. The van der Waals surface area contributed by atoms with Crippen LogP contribution in [0.2, 0.25) is 5.02 Å². The van der Waals surface area contributed by atoms with Crippen molar-refractivity contribution in [2.75, 3.05) is 6.54 Å². The first-order chi connectivity index (χ1) is 15.0. The minimum atomic E-state index is -0.512. The van der Waals surface area contributed by atoms with Crippen LogP contribution in [0.3, 0.4) is 0 Å². The van der Waals surface area contributed by atoms with Gasteiger partial charge in [0, 0.05) is 29.1 Å². The van der Waals surface area contributed by atoms with Crippen molar-refractivity contribution in [1.82, 2.24) is 4.90 Å². The number of carbonyl (C=O) groups is 1. The molecule has 1 unspecified atom stereocenters. The van der Waals surface area contributed by atoms with E-state index in [4.69, 9.17) is 16.4 Å². The summed E-state index contributed by atoms with van der Waals surface area (Å²) in [5, 5.41) is 4.76. The van der Waals surface area contributed by atoms with Crippen molar-refractivity contribution >= 4 is 23.2 Å². The highest BCUT2D eigenvalue weighted by Gasteiger charge is 2.28. The third-order valence-corrected chi connectivity index (χ3v) is 5.26. The van der Waals surface area contributed by atoms with Crippen molar-refractivity contribution in [3.63, 3.8) is 0 Å². The topological polar surface area (TPSA) is 41.9 Å². The molecule has 0 spiro atoms. The van der Waals surface area contributed by atoms with Crippen LogP contribution in [0.5, 0.6) is 0 Å². The average molecular weight is 441 g/mol. The maximum atomic E-state index is 14.2. The molecule has 4 nitrogen and oxygen atoms in total. The second-order valence-corrected chi connectivity index (χ2v) is 7.70. The quantitative estimate of drug-likeness (QED) is 0.511. The number of amides is 1. The maximum Gasteiger partial charge on any atom is 0.254 e. The van der Waals surface area contributed by atoms with Crippen molar-refractivity contribution < 1.29 is 18.4 Å². The molecule has 3 aromatic carbocycles. The molecule has 1 aliphatic heterocycles. The van der Waals surface area contributed by atoms with Gasteiger partial charge in [0.15, 0.2) is 6.10 Å². The Morgan fingerprint density at radius 1 is 1.06 bits per heavy atom. The molecule has 1 heterocycles. The van der Waals surface area contributed by atoms with Crippen LogP contribution < -0.4 is 0 Å². The number of halogens is 3. The van der Waals surface area contributed by atoms with Gasteiger partial charge < -0.3 is 9.74 Å². The summed E-state index contributed by atoms with van der Waals surface area (Å²) in [6.45, 7) is 0.197. The van der Waals surface area contributed by atoms with Crippen molar-refractivity contribution in [1.29, 1.82) is 0 Å². The number of oxime groups is 1. The Balaban J connectivity index is 1.53. The second-order valence-electron chi connectivity index (χ2n) is 7.26. The molecule has 3 aromatic rings. The van der Waals surface area contributed by atoms with Crippen molar-refractivity contribution in [2.24, 2.45) is 5.16 Å². The third-order valence-electron chi connectivity index (χ3n) is 5.01. The van der Waals surface area contributed by atoms with Crippen LogP contribution >= 0.6 is 11.6 Å². The third kappa shape index (κ3) is 5.09. The van der Waals surface area contributed by atoms with Crippen LogP contribution in [0.15, 0.2) is 78.0 Å². The van der Waals surface area contributed by atoms with E-state index in [1.807, 2.05) is 12.1 Å². The molecular formula is C24H19ClF2N2O2. The Morgan fingerprint density at radius 3 is 2.58 bits per heavy atom. The minimum absolute atomic E-state index is 0.0260. The number of hydrogen-bond acceptors (Lipinski definition) is 3. The highest BCUT2D eigenvalue weighted by Crippen LogP contribution is 2.22. The summed E-state index contributed by atoms with van der Waals surface area (Å²) >= 11 is 5.94. The first-order valence-corrected chi connectivity index (χ1v) is 10.1. The van der Waals surface area contributed by atoms with E-state index in [0.29, 0.717) is 17.0 Å². The first kappa shape index (κ1) is 21.0. The van der Waals surface area contributed by atoms with Crippen LogP contribution in [0, 0.1) is 11.6 Å². The standard InChI is InChI=1S/C24H19ClF2N2O2/c25-19-10-8-16(9-11-19)23-13-21(31-28-23)15-29(14-18-4-1-2-7-22(18)27)24(30)17-5-3-6-20(26)12-17/h1-12,21H,13-15H2. The van der Waals surface area contributed by atoms with Gasteiger partial charge in [-0.1, -0.05) is 53.2 Å². The predicted octanol–water partition coefficient (Wildman–Crippen LogP) is 5.45. The van der Waals surface area contributed by atoms with Crippen LogP contribution in [-0.2, 0) is 11.4 Å². The van der Waals surface area contributed by atoms with Crippen molar-refractivity contribution in [3.05, 3.63) is 106 Å². The Bertz CT molecular complexity index is 1120. The van der Waals surface area contributed by atoms with Crippen LogP contribution in [0.4, 0.5) is 8.78 Å². The lowest BCUT2D eigenvalue weighted by Crippen LogP contribution is -2.37. The number of hydrogen-bond donors (Lipinski definition) is 0. The molecule has 0 fully saturated rings. The molecule has 0 aromatic heterocycles. The SMILES string of the molecule is O=C(c1cccc(F)c1)N(Cc1ccccc1F)CC1CC(c2ccc(Cl)cc2)=NO1. The zero-order chi connectivity index (χ0) is 21.8. The van der Waals surface area contributed by atoms with Gasteiger partial charge in [0.25, 0.3) is 5.91 Å². The summed E-state index contributed by atoms with van der Waals surface area (Å²) < 4.78 is 27.9. The maximum absolute atomic E-state index is 14.2. The van der Waals surface area contributed by atoms with E-state index in [-0.39, 0.29) is 18.7 Å². The van der Waals surface area contributed by atoms with E-state index in [1.165, 1.54) is 35.2 Å². The van der Waals surface area contributed by atoms with Gasteiger partial charge in [-0.25, -0.2) is 8.78 Å². The molecule has 158 valence electrons. The molecule has 1 amide bonds. The largest absolute Gasteiger partial charge is 0.390 e. The van der Waals surface area contributed by atoms with E-state index in [2.05, 4.69) is 5.16 Å². The summed E-state index contributed by atoms with van der Waals surface area (Å²) in [6, 6.07) is 18.9. The monoisotopic (exact) mass is 440 g/mol. The van der Waals surface area contributed by atoms with Gasteiger partial charge >= 0.3 is 0 Å².